The first kappa shape index (κ1) is 21.4. The van der Waals surface area contributed by atoms with Gasteiger partial charge in [0.1, 0.15) is 4.90 Å². The van der Waals surface area contributed by atoms with Crippen LogP contribution in [0, 0.1) is 33.6 Å². The summed E-state index contributed by atoms with van der Waals surface area (Å²) in [5, 5.41) is 0. The van der Waals surface area contributed by atoms with Gasteiger partial charge in [-0.25, -0.2) is 8.42 Å². The summed E-state index contributed by atoms with van der Waals surface area (Å²) >= 11 is 0. The molecule has 3 rings (SSSR count). The van der Waals surface area contributed by atoms with E-state index in [4.69, 9.17) is 0 Å². The van der Waals surface area contributed by atoms with Crippen molar-refractivity contribution in [2.75, 3.05) is 17.8 Å². The molecule has 1 aliphatic heterocycles. The van der Waals surface area contributed by atoms with Gasteiger partial charge in [-0.15, -0.1) is 0 Å². The Labute approximate surface area is 174 Å². The van der Waals surface area contributed by atoms with Crippen LogP contribution in [0.3, 0.4) is 0 Å². The number of carbonyl (C=O) groups is 1. The normalized spacial score (nSPS) is 15.6. The average Bonchev–Trinajstić information content (AvgIpc) is 2.89. The SMILES string of the molecule is Cc1ccc(NS(=O)(=O)c2c(C(=O)N3CCC(C)CC3)c(C)n(C)c2C)c(C)c1. The van der Waals surface area contributed by atoms with E-state index >= 15 is 0 Å². The molecule has 1 fully saturated rings. The van der Waals surface area contributed by atoms with Crippen molar-refractivity contribution < 1.29 is 13.2 Å². The molecule has 0 spiro atoms. The second kappa shape index (κ2) is 7.86. The zero-order chi connectivity index (χ0) is 21.5. The Balaban J connectivity index is 2.04. The molecule has 2 heterocycles. The van der Waals surface area contributed by atoms with Crippen LogP contribution in [0.25, 0.3) is 0 Å². The molecule has 7 heteroatoms. The molecule has 0 radical (unpaired) electrons. The van der Waals surface area contributed by atoms with Crippen molar-refractivity contribution in [2.24, 2.45) is 13.0 Å². The maximum atomic E-state index is 13.4. The zero-order valence-corrected chi connectivity index (χ0v) is 19.0. The number of hydrogen-bond acceptors (Lipinski definition) is 3. The Morgan fingerprint density at radius 1 is 1.07 bits per heavy atom. The summed E-state index contributed by atoms with van der Waals surface area (Å²) in [7, 11) is -2.12. The standard InChI is InChI=1S/C22H31N3O3S/c1-14-9-11-25(12-10-14)22(26)20-17(4)24(6)18(5)21(20)29(27,28)23-19-8-7-15(2)13-16(19)3/h7-8,13-14,23H,9-12H2,1-6H3. The summed E-state index contributed by atoms with van der Waals surface area (Å²) in [5.41, 5.74) is 3.96. The van der Waals surface area contributed by atoms with E-state index in [1.54, 1.807) is 29.5 Å². The van der Waals surface area contributed by atoms with Gasteiger partial charge in [-0.1, -0.05) is 24.6 Å². The first-order chi connectivity index (χ1) is 13.5. The first-order valence-corrected chi connectivity index (χ1v) is 11.6. The molecule has 158 valence electrons. The summed E-state index contributed by atoms with van der Waals surface area (Å²) in [5.74, 6) is 0.395. The highest BCUT2D eigenvalue weighted by Gasteiger charge is 2.34. The molecular weight excluding hydrogens is 386 g/mol. The molecule has 1 aromatic carbocycles. The predicted octanol–water partition coefficient (Wildman–Crippen LogP) is 3.93. The fourth-order valence-electron chi connectivity index (χ4n) is 3.99. The van der Waals surface area contributed by atoms with Gasteiger partial charge in [0.2, 0.25) is 0 Å². The van der Waals surface area contributed by atoms with E-state index < -0.39 is 10.0 Å². The Kier molecular flexibility index (Phi) is 5.81. The van der Waals surface area contributed by atoms with Crippen LogP contribution in [0.15, 0.2) is 23.1 Å². The lowest BCUT2D eigenvalue weighted by atomic mass is 9.98. The molecule has 0 saturated carbocycles. The number of likely N-dealkylation sites (tertiary alicyclic amines) is 1. The number of carbonyl (C=O) groups excluding carboxylic acids is 1. The second-order valence-corrected chi connectivity index (χ2v) is 9.95. The number of aromatic nitrogens is 1. The van der Waals surface area contributed by atoms with Crippen LogP contribution in [0.2, 0.25) is 0 Å². The number of benzene rings is 1. The number of amides is 1. The Bertz CT molecular complexity index is 1050. The first-order valence-electron chi connectivity index (χ1n) is 10.1. The van der Waals surface area contributed by atoms with Crippen LogP contribution in [-0.4, -0.2) is 36.9 Å². The molecule has 1 aliphatic rings. The van der Waals surface area contributed by atoms with E-state index in [2.05, 4.69) is 11.6 Å². The molecule has 2 aromatic rings. The van der Waals surface area contributed by atoms with Crippen LogP contribution in [0.5, 0.6) is 0 Å². The highest BCUT2D eigenvalue weighted by molar-refractivity contribution is 7.92. The number of sulfonamides is 1. The van der Waals surface area contributed by atoms with Crippen molar-refractivity contribution >= 4 is 21.6 Å². The molecule has 0 bridgehead atoms. The molecule has 1 saturated heterocycles. The molecule has 0 aliphatic carbocycles. The third-order valence-corrected chi connectivity index (χ3v) is 7.63. The fourth-order valence-corrected chi connectivity index (χ4v) is 5.64. The summed E-state index contributed by atoms with van der Waals surface area (Å²) in [6, 6.07) is 5.57. The van der Waals surface area contributed by atoms with Gasteiger partial charge in [-0.05, 0) is 58.1 Å². The predicted molar refractivity (Wildman–Crippen MR) is 116 cm³/mol. The number of hydrogen-bond donors (Lipinski definition) is 1. The average molecular weight is 418 g/mol. The summed E-state index contributed by atoms with van der Waals surface area (Å²) in [6.07, 6.45) is 1.89. The molecular formula is C22H31N3O3S. The fraction of sp³-hybridized carbons (Fsp3) is 0.500. The van der Waals surface area contributed by atoms with Gasteiger partial charge in [-0.2, -0.15) is 0 Å². The van der Waals surface area contributed by atoms with E-state index in [0.717, 1.165) is 24.0 Å². The maximum absolute atomic E-state index is 13.4. The summed E-state index contributed by atoms with van der Waals surface area (Å²) < 4.78 is 31.3. The molecule has 29 heavy (non-hydrogen) atoms. The number of rotatable bonds is 4. The van der Waals surface area contributed by atoms with Crippen molar-refractivity contribution in [3.63, 3.8) is 0 Å². The van der Waals surface area contributed by atoms with Crippen molar-refractivity contribution in [3.8, 4) is 0 Å². The third-order valence-electron chi connectivity index (χ3n) is 6.10. The quantitative estimate of drug-likeness (QED) is 0.819. The lowest BCUT2D eigenvalue weighted by molar-refractivity contribution is 0.0692. The highest BCUT2D eigenvalue weighted by Crippen LogP contribution is 2.31. The van der Waals surface area contributed by atoms with E-state index in [9.17, 15) is 13.2 Å². The number of piperidine rings is 1. The molecule has 6 nitrogen and oxygen atoms in total. The number of aryl methyl sites for hydroxylation is 2. The van der Waals surface area contributed by atoms with Crippen molar-refractivity contribution in [1.82, 2.24) is 9.47 Å². The van der Waals surface area contributed by atoms with Crippen LogP contribution in [-0.2, 0) is 17.1 Å². The minimum Gasteiger partial charge on any atom is -0.350 e. The Hall–Kier alpha value is -2.28. The zero-order valence-electron chi connectivity index (χ0n) is 18.2. The Morgan fingerprint density at radius 2 is 1.69 bits per heavy atom. The Morgan fingerprint density at radius 3 is 2.28 bits per heavy atom. The minimum absolute atomic E-state index is 0.0843. The van der Waals surface area contributed by atoms with E-state index in [1.165, 1.54) is 0 Å². The number of nitrogens with one attached hydrogen (secondary N) is 1. The lowest BCUT2D eigenvalue weighted by Gasteiger charge is -2.30. The lowest BCUT2D eigenvalue weighted by Crippen LogP contribution is -2.38. The van der Waals surface area contributed by atoms with Crippen molar-refractivity contribution in [2.45, 2.75) is 52.4 Å². The molecule has 0 atom stereocenters. The third kappa shape index (κ3) is 4.06. The van der Waals surface area contributed by atoms with Gasteiger partial charge in [0.15, 0.2) is 0 Å². The van der Waals surface area contributed by atoms with Crippen LogP contribution in [0.1, 0.15) is 52.6 Å². The van der Waals surface area contributed by atoms with E-state index in [1.807, 2.05) is 32.9 Å². The summed E-state index contributed by atoms with van der Waals surface area (Å²) in [4.78, 5) is 15.2. The minimum atomic E-state index is -3.92. The topological polar surface area (TPSA) is 71.4 Å². The van der Waals surface area contributed by atoms with E-state index in [0.29, 0.717) is 36.1 Å². The highest BCUT2D eigenvalue weighted by atomic mass is 32.2. The largest absolute Gasteiger partial charge is 0.350 e. The molecule has 1 N–H and O–H groups in total. The van der Waals surface area contributed by atoms with Crippen LogP contribution >= 0.6 is 0 Å². The van der Waals surface area contributed by atoms with Crippen LogP contribution in [0.4, 0.5) is 5.69 Å². The second-order valence-electron chi connectivity index (χ2n) is 8.33. The number of nitrogens with zero attached hydrogens (tertiary/aromatic N) is 2. The van der Waals surface area contributed by atoms with Gasteiger partial charge in [0.05, 0.1) is 11.3 Å². The van der Waals surface area contributed by atoms with Gasteiger partial charge in [-0.3, -0.25) is 9.52 Å². The van der Waals surface area contributed by atoms with Gasteiger partial charge in [0, 0.05) is 31.5 Å². The van der Waals surface area contributed by atoms with Crippen molar-refractivity contribution in [3.05, 3.63) is 46.3 Å². The molecule has 1 aromatic heterocycles. The summed E-state index contributed by atoms with van der Waals surface area (Å²) in [6.45, 7) is 10.9. The van der Waals surface area contributed by atoms with Gasteiger partial charge in [0.25, 0.3) is 15.9 Å². The smallest absolute Gasteiger partial charge is 0.264 e. The number of anilines is 1. The molecule has 0 unspecified atom stereocenters. The monoisotopic (exact) mass is 417 g/mol. The van der Waals surface area contributed by atoms with E-state index in [-0.39, 0.29) is 16.4 Å². The van der Waals surface area contributed by atoms with Gasteiger partial charge < -0.3 is 9.47 Å². The molecule has 1 amide bonds. The maximum Gasteiger partial charge on any atom is 0.264 e. The van der Waals surface area contributed by atoms with Gasteiger partial charge >= 0.3 is 0 Å². The van der Waals surface area contributed by atoms with Crippen LogP contribution < -0.4 is 4.72 Å². The van der Waals surface area contributed by atoms with Crippen molar-refractivity contribution in [1.29, 1.82) is 0 Å².